The fraction of sp³-hybridized carbons (Fsp3) is 0.517. The molecule has 3 N–H and O–H groups in total. The van der Waals surface area contributed by atoms with Crippen molar-refractivity contribution in [3.63, 3.8) is 0 Å². The highest BCUT2D eigenvalue weighted by Gasteiger charge is 2.44. The summed E-state index contributed by atoms with van der Waals surface area (Å²) >= 11 is 0. The molecule has 1 spiro atoms. The van der Waals surface area contributed by atoms with Gasteiger partial charge < -0.3 is 29.5 Å². The number of piperidine rings is 1. The lowest BCUT2D eigenvalue weighted by atomic mass is 9.93. The zero-order valence-corrected chi connectivity index (χ0v) is 24.4. The number of nitrogens with one attached hydrogen (secondary N) is 2. The molecule has 12 heteroatoms. The molecule has 0 bridgehead atoms. The number of carbonyl (C=O) groups is 1. The van der Waals surface area contributed by atoms with Crippen molar-refractivity contribution in [2.24, 2.45) is 12.5 Å². The molecule has 1 saturated carbocycles. The summed E-state index contributed by atoms with van der Waals surface area (Å²) < 4.78 is 35.0. The fourth-order valence-corrected chi connectivity index (χ4v) is 6.87. The van der Waals surface area contributed by atoms with Crippen LogP contribution in [0.5, 0.6) is 0 Å². The van der Waals surface area contributed by atoms with Crippen LogP contribution in [0.4, 0.5) is 22.9 Å². The smallest absolute Gasteiger partial charge is 0.274 e. The molecule has 2 aromatic heterocycles. The molecule has 4 heterocycles. The first-order valence-corrected chi connectivity index (χ1v) is 15.9. The lowest BCUT2D eigenvalue weighted by Gasteiger charge is -2.35. The quantitative estimate of drug-likeness (QED) is 0.370. The largest absolute Gasteiger partial charge is 0.395 e. The number of rotatable bonds is 8. The van der Waals surface area contributed by atoms with Crippen molar-refractivity contribution in [2.75, 3.05) is 65.0 Å². The molecule has 3 fully saturated rings. The first-order valence-electron chi connectivity index (χ1n) is 14.3. The molecule has 41 heavy (non-hydrogen) atoms. The average molecular weight is 583 g/mol. The fourth-order valence-electron chi connectivity index (χ4n) is 6.05. The Morgan fingerprint density at radius 2 is 1.90 bits per heavy atom. The van der Waals surface area contributed by atoms with Gasteiger partial charge in [-0.15, -0.1) is 0 Å². The molecular weight excluding hydrogens is 544 g/mol. The van der Waals surface area contributed by atoms with Gasteiger partial charge in [-0.05, 0) is 68.4 Å². The number of hydrogen-bond donors (Lipinski definition) is 3. The molecule has 1 aliphatic carbocycles. The number of fused-ring (bicyclic) bond motifs is 1. The zero-order chi connectivity index (χ0) is 28.8. The number of amides is 1. The Balaban J connectivity index is 1.31. The van der Waals surface area contributed by atoms with E-state index in [9.17, 15) is 13.2 Å². The van der Waals surface area contributed by atoms with Crippen molar-refractivity contribution in [1.82, 2.24) is 9.55 Å². The highest BCUT2D eigenvalue weighted by Crippen LogP contribution is 2.54. The Bertz CT molecular complexity index is 1560. The van der Waals surface area contributed by atoms with Gasteiger partial charge >= 0.3 is 0 Å². The lowest BCUT2D eigenvalue weighted by molar-refractivity contribution is 0.0530. The number of aryl methyl sites for hydroxylation is 1. The number of anilines is 4. The maximum absolute atomic E-state index is 13.7. The zero-order valence-electron chi connectivity index (χ0n) is 23.6. The molecule has 220 valence electrons. The van der Waals surface area contributed by atoms with E-state index in [1.165, 1.54) is 12.8 Å². The first-order chi connectivity index (χ1) is 19.7. The van der Waals surface area contributed by atoms with E-state index in [0.29, 0.717) is 42.2 Å². The van der Waals surface area contributed by atoms with Gasteiger partial charge in [0.15, 0.2) is 5.82 Å². The number of carbonyl (C=O) groups excluding carboxylic acids is 1. The van der Waals surface area contributed by atoms with Gasteiger partial charge in [0.2, 0.25) is 10.0 Å². The summed E-state index contributed by atoms with van der Waals surface area (Å²) in [5.41, 5.74) is 3.50. The number of hydrogen-bond acceptors (Lipinski definition) is 8. The van der Waals surface area contributed by atoms with Gasteiger partial charge in [0.05, 0.1) is 47.6 Å². The molecular formula is C29H38N6O5S. The first kappa shape index (κ1) is 27.8. The Morgan fingerprint density at radius 1 is 1.12 bits per heavy atom. The summed E-state index contributed by atoms with van der Waals surface area (Å²) in [5, 5.41) is 13.1. The van der Waals surface area contributed by atoms with Crippen molar-refractivity contribution in [3.8, 4) is 0 Å². The molecule has 2 saturated heterocycles. The van der Waals surface area contributed by atoms with Crippen molar-refractivity contribution in [2.45, 2.75) is 38.7 Å². The van der Waals surface area contributed by atoms with Crippen LogP contribution in [0.2, 0.25) is 0 Å². The summed E-state index contributed by atoms with van der Waals surface area (Å²) in [4.78, 5) is 23.0. The Kier molecular flexibility index (Phi) is 7.33. The second-order valence-electron chi connectivity index (χ2n) is 11.6. The predicted molar refractivity (Wildman–Crippen MR) is 160 cm³/mol. The van der Waals surface area contributed by atoms with E-state index in [1.54, 1.807) is 18.2 Å². The second kappa shape index (κ2) is 10.8. The topological polar surface area (TPSA) is 129 Å². The number of sulfonamides is 1. The van der Waals surface area contributed by atoms with Crippen LogP contribution in [-0.2, 0) is 21.8 Å². The highest BCUT2D eigenvalue weighted by molar-refractivity contribution is 7.92. The number of benzene rings is 1. The molecule has 1 atom stereocenters. The van der Waals surface area contributed by atoms with Crippen LogP contribution in [0.3, 0.4) is 0 Å². The molecule has 3 aliphatic rings. The van der Waals surface area contributed by atoms with Gasteiger partial charge in [-0.1, -0.05) is 0 Å². The van der Waals surface area contributed by atoms with Crippen LogP contribution in [-0.4, -0.2) is 80.2 Å². The van der Waals surface area contributed by atoms with E-state index in [0.717, 1.165) is 48.3 Å². The SMILES string of the molecule is C[C@@H]1CN(c2nc(C(=O)Nc3ccc(NS(=O)(=O)CCO)cc3N3CCC4(CC3)CC4)cc3ccn(C)c23)CCO1. The molecule has 1 aromatic carbocycles. The number of aromatic nitrogens is 2. The van der Waals surface area contributed by atoms with Crippen LogP contribution < -0.4 is 19.8 Å². The van der Waals surface area contributed by atoms with Gasteiger partial charge in [0, 0.05) is 44.8 Å². The van der Waals surface area contributed by atoms with Gasteiger partial charge in [0.1, 0.15) is 5.69 Å². The van der Waals surface area contributed by atoms with E-state index >= 15 is 0 Å². The number of aliphatic hydroxyl groups excluding tert-OH is 1. The van der Waals surface area contributed by atoms with Crippen molar-refractivity contribution >= 4 is 49.7 Å². The van der Waals surface area contributed by atoms with Crippen LogP contribution in [0.25, 0.3) is 10.9 Å². The molecule has 0 unspecified atom stereocenters. The van der Waals surface area contributed by atoms with E-state index < -0.39 is 16.6 Å². The van der Waals surface area contributed by atoms with E-state index in [2.05, 4.69) is 19.8 Å². The number of morpholine rings is 1. The standard InChI is InChI=1S/C29H38N6O5S/c1-20-19-35(13-15-40-20)27-26-21(5-10-33(26)2)17-24(30-27)28(37)31-23-4-3-22(32-41(38,39)16-14-36)18-25(23)34-11-8-29(6-7-29)9-12-34/h3-5,10,17-18,20,32,36H,6-9,11-16,19H2,1-2H3,(H,31,37)/t20-/m1/s1. The summed E-state index contributed by atoms with van der Waals surface area (Å²) in [5.74, 6) is 0.0454. The molecule has 3 aromatic rings. The Hall–Kier alpha value is -3.35. The Morgan fingerprint density at radius 3 is 2.61 bits per heavy atom. The predicted octanol–water partition coefficient (Wildman–Crippen LogP) is 3.17. The van der Waals surface area contributed by atoms with E-state index in [4.69, 9.17) is 14.8 Å². The third-order valence-electron chi connectivity index (χ3n) is 8.61. The maximum Gasteiger partial charge on any atom is 0.274 e. The van der Waals surface area contributed by atoms with Crippen LogP contribution in [0.15, 0.2) is 36.5 Å². The molecule has 2 aliphatic heterocycles. The number of aliphatic hydroxyl groups is 1. The lowest BCUT2D eigenvalue weighted by Crippen LogP contribution is -2.42. The average Bonchev–Trinajstić information content (AvgIpc) is 3.59. The van der Waals surface area contributed by atoms with Crippen LogP contribution in [0.1, 0.15) is 43.1 Å². The minimum absolute atomic E-state index is 0.0635. The van der Waals surface area contributed by atoms with Crippen molar-refractivity contribution < 1.29 is 23.1 Å². The third-order valence-corrected chi connectivity index (χ3v) is 9.88. The summed E-state index contributed by atoms with van der Waals surface area (Å²) in [6, 6.07) is 8.93. The molecule has 6 rings (SSSR count). The second-order valence-corrected chi connectivity index (χ2v) is 13.5. The molecule has 0 radical (unpaired) electrons. The number of pyridine rings is 1. The van der Waals surface area contributed by atoms with E-state index in [1.807, 2.05) is 36.9 Å². The molecule has 11 nitrogen and oxygen atoms in total. The number of nitrogens with zero attached hydrogens (tertiary/aromatic N) is 4. The normalized spacial score (nSPS) is 20.4. The highest BCUT2D eigenvalue weighted by atomic mass is 32.2. The monoisotopic (exact) mass is 582 g/mol. The minimum Gasteiger partial charge on any atom is -0.395 e. The van der Waals surface area contributed by atoms with Gasteiger partial charge in [-0.3, -0.25) is 9.52 Å². The summed E-state index contributed by atoms with van der Waals surface area (Å²) in [6.07, 6.45) is 6.72. The number of ether oxygens (including phenoxy) is 1. The van der Waals surface area contributed by atoms with Crippen LogP contribution >= 0.6 is 0 Å². The van der Waals surface area contributed by atoms with Gasteiger partial charge in [0.25, 0.3) is 5.91 Å². The van der Waals surface area contributed by atoms with Crippen molar-refractivity contribution in [1.29, 1.82) is 0 Å². The third kappa shape index (κ3) is 5.86. The molecule has 1 amide bonds. The van der Waals surface area contributed by atoms with E-state index in [-0.39, 0.29) is 17.8 Å². The van der Waals surface area contributed by atoms with Gasteiger partial charge in [-0.25, -0.2) is 13.4 Å². The Labute approximate surface area is 240 Å². The maximum atomic E-state index is 13.7. The minimum atomic E-state index is -3.69. The van der Waals surface area contributed by atoms with Gasteiger partial charge in [-0.2, -0.15) is 0 Å². The summed E-state index contributed by atoms with van der Waals surface area (Å²) in [6.45, 7) is 5.22. The van der Waals surface area contributed by atoms with Crippen LogP contribution in [0, 0.1) is 5.41 Å². The van der Waals surface area contributed by atoms with Crippen molar-refractivity contribution in [3.05, 3.63) is 42.2 Å². The summed E-state index contributed by atoms with van der Waals surface area (Å²) in [7, 11) is -1.71.